The maximum Gasteiger partial charge on any atom is 0.0604 e. The summed E-state index contributed by atoms with van der Waals surface area (Å²) in [7, 11) is 0. The number of aliphatic hydroxyl groups excluding tert-OH is 1. The van der Waals surface area contributed by atoms with E-state index in [-0.39, 0.29) is 6.61 Å². The second-order valence-electron chi connectivity index (χ2n) is 4.88. The van der Waals surface area contributed by atoms with Gasteiger partial charge >= 0.3 is 0 Å². The number of rotatable bonds is 3. The van der Waals surface area contributed by atoms with E-state index in [1.165, 1.54) is 55.3 Å². The molecule has 0 bridgehead atoms. The molecule has 0 amide bonds. The average Bonchev–Trinajstić information content (AvgIpc) is 2.91. The third-order valence-corrected chi connectivity index (χ3v) is 3.89. The lowest BCUT2D eigenvalue weighted by molar-refractivity contribution is 0.311. The Kier molecular flexibility index (Phi) is 2.60. The van der Waals surface area contributed by atoms with E-state index < -0.39 is 0 Å². The van der Waals surface area contributed by atoms with Gasteiger partial charge in [-0.1, -0.05) is 6.07 Å². The van der Waals surface area contributed by atoms with E-state index in [4.69, 9.17) is 5.11 Å². The van der Waals surface area contributed by atoms with Crippen molar-refractivity contribution in [1.82, 2.24) is 0 Å². The van der Waals surface area contributed by atoms with Crippen LogP contribution in [-0.2, 0) is 25.7 Å². The van der Waals surface area contributed by atoms with Crippen LogP contribution in [0.1, 0.15) is 35.1 Å². The van der Waals surface area contributed by atoms with Gasteiger partial charge in [0.1, 0.15) is 0 Å². The first-order valence-electron chi connectivity index (χ1n) is 6.41. The monoisotopic (exact) mass is 217 g/mol. The standard InChI is InChI=1S/C14H19NO/c16-8-7-15-14-12-5-1-3-10(12)9-11-4-2-6-13(11)14/h9,15-16H,1-8H2. The molecule has 0 saturated heterocycles. The molecular weight excluding hydrogens is 198 g/mol. The van der Waals surface area contributed by atoms with Crippen LogP contribution in [0, 0.1) is 0 Å². The fourth-order valence-corrected chi connectivity index (χ4v) is 3.21. The minimum absolute atomic E-state index is 0.221. The van der Waals surface area contributed by atoms with E-state index >= 15 is 0 Å². The van der Waals surface area contributed by atoms with Crippen LogP contribution < -0.4 is 5.32 Å². The first-order valence-corrected chi connectivity index (χ1v) is 6.41. The lowest BCUT2D eigenvalue weighted by atomic mass is 9.99. The number of nitrogens with one attached hydrogen (secondary N) is 1. The summed E-state index contributed by atoms with van der Waals surface area (Å²) in [5.74, 6) is 0. The molecule has 2 aliphatic carbocycles. The molecule has 2 heteroatoms. The van der Waals surface area contributed by atoms with Gasteiger partial charge in [-0.05, 0) is 60.8 Å². The molecule has 3 rings (SSSR count). The zero-order valence-electron chi connectivity index (χ0n) is 9.68. The van der Waals surface area contributed by atoms with E-state index in [2.05, 4.69) is 11.4 Å². The Bertz CT molecular complexity index is 379. The van der Waals surface area contributed by atoms with Gasteiger partial charge in [-0.15, -0.1) is 0 Å². The van der Waals surface area contributed by atoms with Gasteiger partial charge < -0.3 is 10.4 Å². The predicted molar refractivity (Wildman–Crippen MR) is 66.1 cm³/mol. The van der Waals surface area contributed by atoms with Crippen LogP contribution in [0.15, 0.2) is 6.07 Å². The molecule has 1 aromatic carbocycles. The topological polar surface area (TPSA) is 32.3 Å². The molecule has 2 N–H and O–H groups in total. The predicted octanol–water partition coefficient (Wildman–Crippen LogP) is 2.07. The molecule has 0 spiro atoms. The van der Waals surface area contributed by atoms with Crippen molar-refractivity contribution in [2.75, 3.05) is 18.5 Å². The van der Waals surface area contributed by atoms with E-state index in [0.29, 0.717) is 6.54 Å². The highest BCUT2D eigenvalue weighted by atomic mass is 16.3. The maximum absolute atomic E-state index is 8.96. The number of fused-ring (bicyclic) bond motifs is 2. The second kappa shape index (κ2) is 4.10. The molecule has 0 unspecified atom stereocenters. The first kappa shape index (κ1) is 10.2. The molecule has 2 aliphatic rings. The highest BCUT2D eigenvalue weighted by Crippen LogP contribution is 2.38. The van der Waals surface area contributed by atoms with Crippen LogP contribution in [0.4, 0.5) is 5.69 Å². The molecule has 1 aromatic rings. The quantitative estimate of drug-likeness (QED) is 0.812. The van der Waals surface area contributed by atoms with Gasteiger partial charge in [0.25, 0.3) is 0 Å². The van der Waals surface area contributed by atoms with Crippen molar-refractivity contribution in [3.05, 3.63) is 28.3 Å². The molecule has 0 heterocycles. The number of aryl methyl sites for hydroxylation is 2. The maximum atomic E-state index is 8.96. The fourth-order valence-electron chi connectivity index (χ4n) is 3.21. The third kappa shape index (κ3) is 1.52. The largest absolute Gasteiger partial charge is 0.395 e. The van der Waals surface area contributed by atoms with Gasteiger partial charge in [-0.2, -0.15) is 0 Å². The zero-order valence-corrected chi connectivity index (χ0v) is 9.68. The Morgan fingerprint density at radius 1 is 1.00 bits per heavy atom. The van der Waals surface area contributed by atoms with Crippen LogP contribution >= 0.6 is 0 Å². The summed E-state index contributed by atoms with van der Waals surface area (Å²) >= 11 is 0. The number of hydrogen-bond acceptors (Lipinski definition) is 2. The van der Waals surface area contributed by atoms with Crippen molar-refractivity contribution in [2.45, 2.75) is 38.5 Å². The van der Waals surface area contributed by atoms with Crippen molar-refractivity contribution in [2.24, 2.45) is 0 Å². The summed E-state index contributed by atoms with van der Waals surface area (Å²) in [6, 6.07) is 2.44. The SMILES string of the molecule is OCCNc1c2c(cc3c1CCC3)CCC2. The van der Waals surface area contributed by atoms with Crippen LogP contribution in [0.25, 0.3) is 0 Å². The minimum atomic E-state index is 0.221. The summed E-state index contributed by atoms with van der Waals surface area (Å²) < 4.78 is 0. The number of benzene rings is 1. The Labute approximate surface area is 96.7 Å². The molecule has 2 nitrogen and oxygen atoms in total. The third-order valence-electron chi connectivity index (χ3n) is 3.89. The Morgan fingerprint density at radius 2 is 1.62 bits per heavy atom. The summed E-state index contributed by atoms with van der Waals surface area (Å²) in [6.45, 7) is 0.904. The van der Waals surface area contributed by atoms with Gasteiger partial charge in [-0.3, -0.25) is 0 Å². The van der Waals surface area contributed by atoms with E-state index in [1.54, 1.807) is 11.1 Å². The van der Waals surface area contributed by atoms with Gasteiger partial charge in [0.15, 0.2) is 0 Å². The normalized spacial score (nSPS) is 17.3. The molecule has 0 aliphatic heterocycles. The van der Waals surface area contributed by atoms with E-state index in [1.807, 2.05) is 0 Å². The Morgan fingerprint density at radius 3 is 2.19 bits per heavy atom. The van der Waals surface area contributed by atoms with E-state index in [0.717, 1.165) is 0 Å². The number of aliphatic hydroxyl groups is 1. The smallest absolute Gasteiger partial charge is 0.0604 e. The Balaban J connectivity index is 2.05. The second-order valence-corrected chi connectivity index (χ2v) is 4.88. The zero-order chi connectivity index (χ0) is 11.0. The van der Waals surface area contributed by atoms with Crippen LogP contribution in [-0.4, -0.2) is 18.3 Å². The van der Waals surface area contributed by atoms with Gasteiger partial charge in [0.2, 0.25) is 0 Å². The summed E-state index contributed by atoms with van der Waals surface area (Å²) in [5, 5.41) is 12.4. The molecule has 0 aromatic heterocycles. The van der Waals surface area contributed by atoms with E-state index in [9.17, 15) is 0 Å². The summed E-state index contributed by atoms with van der Waals surface area (Å²) in [5.41, 5.74) is 7.56. The highest BCUT2D eigenvalue weighted by Gasteiger charge is 2.23. The molecule has 0 saturated carbocycles. The molecule has 86 valence electrons. The van der Waals surface area contributed by atoms with Crippen molar-refractivity contribution < 1.29 is 5.11 Å². The molecule has 0 fully saturated rings. The molecular formula is C14H19NO. The fraction of sp³-hybridized carbons (Fsp3) is 0.571. The van der Waals surface area contributed by atoms with Gasteiger partial charge in [0, 0.05) is 12.2 Å². The minimum Gasteiger partial charge on any atom is -0.395 e. The van der Waals surface area contributed by atoms with Crippen LogP contribution in [0.3, 0.4) is 0 Å². The molecule has 0 atom stereocenters. The van der Waals surface area contributed by atoms with Crippen molar-refractivity contribution in [3.8, 4) is 0 Å². The van der Waals surface area contributed by atoms with Gasteiger partial charge in [-0.25, -0.2) is 0 Å². The van der Waals surface area contributed by atoms with Gasteiger partial charge in [0.05, 0.1) is 6.61 Å². The van der Waals surface area contributed by atoms with Crippen LogP contribution in [0.5, 0.6) is 0 Å². The Hall–Kier alpha value is -1.02. The number of anilines is 1. The molecule has 16 heavy (non-hydrogen) atoms. The average molecular weight is 217 g/mol. The van der Waals surface area contributed by atoms with Crippen LogP contribution in [0.2, 0.25) is 0 Å². The number of hydrogen-bond donors (Lipinski definition) is 2. The van der Waals surface area contributed by atoms with Crippen molar-refractivity contribution in [3.63, 3.8) is 0 Å². The summed E-state index contributed by atoms with van der Waals surface area (Å²) in [4.78, 5) is 0. The highest BCUT2D eigenvalue weighted by molar-refractivity contribution is 5.66. The lowest BCUT2D eigenvalue weighted by Gasteiger charge is -2.16. The molecule has 0 radical (unpaired) electrons. The van der Waals surface area contributed by atoms with Crippen molar-refractivity contribution >= 4 is 5.69 Å². The lowest BCUT2D eigenvalue weighted by Crippen LogP contribution is -2.10. The first-order chi connectivity index (χ1) is 7.90. The van der Waals surface area contributed by atoms with Crippen molar-refractivity contribution in [1.29, 1.82) is 0 Å². The summed E-state index contributed by atoms with van der Waals surface area (Å²) in [6.07, 6.45) is 7.53.